The van der Waals surface area contributed by atoms with Crippen molar-refractivity contribution in [2.45, 2.75) is 25.9 Å². The van der Waals surface area contributed by atoms with Crippen LogP contribution in [0.3, 0.4) is 0 Å². The molecule has 1 heterocycles. The SMILES string of the molecule is CCOc1cccc(CNC(=NC)NC2CCN(c3ccccc3OC)C2)c1.I. The Morgan fingerprint density at radius 3 is 2.79 bits per heavy atom. The molecule has 1 fully saturated rings. The molecule has 2 aromatic carbocycles. The first-order valence-electron chi connectivity index (χ1n) is 9.80. The van der Waals surface area contributed by atoms with Gasteiger partial charge in [-0.2, -0.15) is 0 Å². The average molecular weight is 510 g/mol. The van der Waals surface area contributed by atoms with Crippen LogP contribution in [0.25, 0.3) is 0 Å². The largest absolute Gasteiger partial charge is 0.495 e. The first kappa shape index (κ1) is 23.1. The highest BCUT2D eigenvalue weighted by Gasteiger charge is 2.25. The van der Waals surface area contributed by atoms with Gasteiger partial charge < -0.3 is 25.0 Å². The lowest BCUT2D eigenvalue weighted by atomic mass is 10.2. The molecule has 0 aromatic heterocycles. The Hall–Kier alpha value is -2.16. The van der Waals surface area contributed by atoms with E-state index in [-0.39, 0.29) is 24.0 Å². The molecule has 0 bridgehead atoms. The Morgan fingerprint density at radius 2 is 2.03 bits per heavy atom. The van der Waals surface area contributed by atoms with Gasteiger partial charge in [-0.3, -0.25) is 4.99 Å². The van der Waals surface area contributed by atoms with Crippen LogP contribution in [0.4, 0.5) is 5.69 Å². The maximum absolute atomic E-state index is 5.57. The molecule has 1 atom stereocenters. The minimum atomic E-state index is 0. The van der Waals surface area contributed by atoms with Gasteiger partial charge in [0.15, 0.2) is 5.96 Å². The Kier molecular flexibility index (Phi) is 9.37. The number of methoxy groups -OCH3 is 1. The minimum Gasteiger partial charge on any atom is -0.495 e. The molecule has 0 spiro atoms. The molecule has 29 heavy (non-hydrogen) atoms. The normalized spacial score (nSPS) is 16.2. The number of guanidine groups is 1. The van der Waals surface area contributed by atoms with Crippen molar-refractivity contribution in [2.24, 2.45) is 4.99 Å². The molecule has 1 aliphatic rings. The van der Waals surface area contributed by atoms with Gasteiger partial charge >= 0.3 is 0 Å². The van der Waals surface area contributed by atoms with Crippen LogP contribution >= 0.6 is 24.0 Å². The van der Waals surface area contributed by atoms with Gasteiger partial charge in [0.1, 0.15) is 11.5 Å². The molecule has 0 radical (unpaired) electrons. The van der Waals surface area contributed by atoms with E-state index in [1.165, 1.54) is 0 Å². The molecule has 0 aliphatic carbocycles. The highest BCUT2D eigenvalue weighted by Crippen LogP contribution is 2.30. The summed E-state index contributed by atoms with van der Waals surface area (Å²) in [5, 5.41) is 6.94. The van der Waals surface area contributed by atoms with Crippen molar-refractivity contribution in [2.75, 3.05) is 38.8 Å². The number of benzene rings is 2. The summed E-state index contributed by atoms with van der Waals surface area (Å²) < 4.78 is 11.1. The van der Waals surface area contributed by atoms with Crippen LogP contribution in [-0.2, 0) is 6.54 Å². The van der Waals surface area contributed by atoms with Crippen molar-refractivity contribution in [3.8, 4) is 11.5 Å². The van der Waals surface area contributed by atoms with Crippen LogP contribution in [0.5, 0.6) is 11.5 Å². The maximum Gasteiger partial charge on any atom is 0.191 e. The molecule has 1 aliphatic heterocycles. The first-order chi connectivity index (χ1) is 13.7. The molecule has 0 amide bonds. The van der Waals surface area contributed by atoms with Crippen LogP contribution in [0.1, 0.15) is 18.9 Å². The van der Waals surface area contributed by atoms with Crippen molar-refractivity contribution >= 4 is 35.6 Å². The van der Waals surface area contributed by atoms with Crippen LogP contribution in [0, 0.1) is 0 Å². The minimum absolute atomic E-state index is 0. The summed E-state index contributed by atoms with van der Waals surface area (Å²) in [7, 11) is 3.52. The number of hydrogen-bond acceptors (Lipinski definition) is 4. The van der Waals surface area contributed by atoms with Gasteiger partial charge in [0.25, 0.3) is 0 Å². The molecule has 158 valence electrons. The van der Waals surface area contributed by atoms with Crippen molar-refractivity contribution in [1.29, 1.82) is 0 Å². The molecule has 1 saturated heterocycles. The predicted octanol–water partition coefficient (Wildman–Crippen LogP) is 3.66. The Labute approximate surface area is 190 Å². The van der Waals surface area contributed by atoms with Crippen molar-refractivity contribution < 1.29 is 9.47 Å². The average Bonchev–Trinajstić information content (AvgIpc) is 3.20. The van der Waals surface area contributed by atoms with E-state index in [9.17, 15) is 0 Å². The summed E-state index contributed by atoms with van der Waals surface area (Å²) in [6.45, 7) is 5.27. The van der Waals surface area contributed by atoms with Crippen LogP contribution < -0.4 is 25.0 Å². The number of nitrogens with one attached hydrogen (secondary N) is 2. The van der Waals surface area contributed by atoms with Crippen molar-refractivity contribution in [3.05, 3.63) is 54.1 Å². The standard InChI is InChI=1S/C22H30N4O2.HI/c1-4-28-19-9-7-8-17(14-19)15-24-22(23-2)25-18-12-13-26(16-18)20-10-5-6-11-21(20)27-3;/h5-11,14,18H,4,12-13,15-16H2,1-3H3,(H2,23,24,25);1H. The van der Waals surface area contributed by atoms with Crippen LogP contribution in [0.15, 0.2) is 53.5 Å². The summed E-state index contributed by atoms with van der Waals surface area (Å²) in [4.78, 5) is 6.73. The number of anilines is 1. The van der Waals surface area contributed by atoms with Gasteiger partial charge in [0, 0.05) is 32.7 Å². The Bertz CT molecular complexity index is 800. The zero-order valence-electron chi connectivity index (χ0n) is 17.4. The van der Waals surface area contributed by atoms with E-state index in [0.29, 0.717) is 19.2 Å². The molecule has 3 rings (SSSR count). The van der Waals surface area contributed by atoms with E-state index in [4.69, 9.17) is 9.47 Å². The fraction of sp³-hybridized carbons (Fsp3) is 0.409. The zero-order valence-corrected chi connectivity index (χ0v) is 19.7. The molecule has 2 N–H and O–H groups in total. The quantitative estimate of drug-likeness (QED) is 0.339. The van der Waals surface area contributed by atoms with Gasteiger partial charge in [-0.25, -0.2) is 0 Å². The lowest BCUT2D eigenvalue weighted by Gasteiger charge is -2.22. The van der Waals surface area contributed by atoms with Crippen LogP contribution in [-0.4, -0.2) is 45.9 Å². The first-order valence-corrected chi connectivity index (χ1v) is 9.80. The van der Waals surface area contributed by atoms with Gasteiger partial charge in [-0.05, 0) is 43.2 Å². The lowest BCUT2D eigenvalue weighted by molar-refractivity contribution is 0.340. The number of nitrogens with zero attached hydrogens (tertiary/aromatic N) is 2. The number of hydrogen-bond donors (Lipinski definition) is 2. The molecule has 2 aromatic rings. The summed E-state index contributed by atoms with van der Waals surface area (Å²) in [6.07, 6.45) is 1.05. The number of halogens is 1. The second kappa shape index (κ2) is 11.7. The third-order valence-corrected chi connectivity index (χ3v) is 4.85. The number of aliphatic imine (C=N–C) groups is 1. The van der Waals surface area contributed by atoms with E-state index in [2.05, 4.69) is 44.8 Å². The van der Waals surface area contributed by atoms with E-state index >= 15 is 0 Å². The highest BCUT2D eigenvalue weighted by atomic mass is 127. The van der Waals surface area contributed by atoms with E-state index in [1.54, 1.807) is 14.2 Å². The predicted molar refractivity (Wildman–Crippen MR) is 130 cm³/mol. The monoisotopic (exact) mass is 510 g/mol. The van der Waals surface area contributed by atoms with Gasteiger partial charge in [-0.1, -0.05) is 24.3 Å². The number of ether oxygens (including phenoxy) is 2. The molecule has 7 heteroatoms. The van der Waals surface area contributed by atoms with E-state index in [0.717, 1.165) is 48.2 Å². The third-order valence-electron chi connectivity index (χ3n) is 4.85. The second-order valence-corrected chi connectivity index (χ2v) is 6.75. The Morgan fingerprint density at radius 1 is 1.21 bits per heavy atom. The number of rotatable bonds is 7. The highest BCUT2D eigenvalue weighted by molar-refractivity contribution is 14.0. The van der Waals surface area contributed by atoms with Crippen LogP contribution in [0.2, 0.25) is 0 Å². The van der Waals surface area contributed by atoms with Crippen molar-refractivity contribution in [1.82, 2.24) is 10.6 Å². The van der Waals surface area contributed by atoms with Crippen molar-refractivity contribution in [3.63, 3.8) is 0 Å². The fourth-order valence-electron chi connectivity index (χ4n) is 3.47. The molecule has 6 nitrogen and oxygen atoms in total. The third kappa shape index (κ3) is 6.42. The number of para-hydroxylation sites is 2. The molecule has 1 unspecified atom stereocenters. The summed E-state index contributed by atoms with van der Waals surface area (Å²) >= 11 is 0. The van der Waals surface area contributed by atoms with Gasteiger partial charge in [0.2, 0.25) is 0 Å². The Balaban J connectivity index is 0.00000300. The molecule has 0 saturated carbocycles. The van der Waals surface area contributed by atoms with Gasteiger partial charge in [0.05, 0.1) is 19.4 Å². The second-order valence-electron chi connectivity index (χ2n) is 6.75. The van der Waals surface area contributed by atoms with Gasteiger partial charge in [-0.15, -0.1) is 24.0 Å². The van der Waals surface area contributed by atoms with E-state index < -0.39 is 0 Å². The maximum atomic E-state index is 5.57. The topological polar surface area (TPSA) is 58.1 Å². The summed E-state index contributed by atoms with van der Waals surface area (Å²) in [5.74, 6) is 2.63. The smallest absolute Gasteiger partial charge is 0.191 e. The molecular formula is C22H31IN4O2. The van der Waals surface area contributed by atoms with E-state index in [1.807, 2.05) is 31.2 Å². The summed E-state index contributed by atoms with van der Waals surface area (Å²) in [5.41, 5.74) is 2.31. The lowest BCUT2D eigenvalue weighted by Crippen LogP contribution is -2.44. The summed E-state index contributed by atoms with van der Waals surface area (Å²) in [6, 6.07) is 16.6. The zero-order chi connectivity index (χ0) is 19.8. The fourth-order valence-corrected chi connectivity index (χ4v) is 3.47. The molecular weight excluding hydrogens is 479 g/mol.